The minimum Gasteiger partial charge on any atom is -0.482 e. The second-order valence-corrected chi connectivity index (χ2v) is 7.78. The van der Waals surface area contributed by atoms with E-state index in [9.17, 15) is 14.4 Å². The Morgan fingerprint density at radius 3 is 2.61 bits per heavy atom. The summed E-state index contributed by atoms with van der Waals surface area (Å²) in [6.07, 6.45) is 1.76. The predicted octanol–water partition coefficient (Wildman–Crippen LogP) is 4.38. The van der Waals surface area contributed by atoms with Crippen LogP contribution in [0.2, 0.25) is 0 Å². The molecule has 1 aromatic heterocycles. The van der Waals surface area contributed by atoms with Crippen molar-refractivity contribution in [2.24, 2.45) is 0 Å². The lowest BCUT2D eigenvalue weighted by Crippen LogP contribution is -2.28. The SMILES string of the molecule is CCCCNC(=O)c1cc2ccc(OC(=O)COc3ccc(Br)c(C)c3)cc2oc1=O. The van der Waals surface area contributed by atoms with Gasteiger partial charge in [0.25, 0.3) is 5.91 Å². The Bertz CT molecular complexity index is 1170. The molecule has 3 aromatic rings. The van der Waals surface area contributed by atoms with Gasteiger partial charge in [0.1, 0.15) is 22.6 Å². The largest absolute Gasteiger partial charge is 0.482 e. The van der Waals surface area contributed by atoms with Crippen LogP contribution >= 0.6 is 15.9 Å². The first kappa shape index (κ1) is 22.6. The number of rotatable bonds is 8. The molecule has 0 saturated heterocycles. The van der Waals surface area contributed by atoms with E-state index < -0.39 is 17.5 Å². The predicted molar refractivity (Wildman–Crippen MR) is 120 cm³/mol. The monoisotopic (exact) mass is 487 g/mol. The number of aryl methyl sites for hydroxylation is 1. The maximum atomic E-state index is 12.2. The summed E-state index contributed by atoms with van der Waals surface area (Å²) in [6, 6.07) is 11.4. The number of benzene rings is 2. The first-order chi connectivity index (χ1) is 14.9. The van der Waals surface area contributed by atoms with Crippen molar-refractivity contribution in [3.8, 4) is 11.5 Å². The zero-order chi connectivity index (χ0) is 22.4. The van der Waals surface area contributed by atoms with E-state index in [1.54, 1.807) is 24.3 Å². The fourth-order valence-corrected chi connectivity index (χ4v) is 3.04. The lowest BCUT2D eigenvalue weighted by molar-refractivity contribution is -0.136. The van der Waals surface area contributed by atoms with Gasteiger partial charge in [-0.2, -0.15) is 0 Å². The number of unbranched alkanes of at least 4 members (excludes halogenated alkanes) is 1. The molecule has 0 aliphatic heterocycles. The number of nitrogens with one attached hydrogen (secondary N) is 1. The second kappa shape index (κ2) is 10.3. The summed E-state index contributed by atoms with van der Waals surface area (Å²) in [4.78, 5) is 36.5. The maximum Gasteiger partial charge on any atom is 0.349 e. The van der Waals surface area contributed by atoms with Gasteiger partial charge in [0.15, 0.2) is 6.61 Å². The van der Waals surface area contributed by atoms with Gasteiger partial charge in [0, 0.05) is 22.5 Å². The van der Waals surface area contributed by atoms with Crippen LogP contribution in [-0.4, -0.2) is 25.0 Å². The second-order valence-electron chi connectivity index (χ2n) is 6.93. The number of halogens is 1. The quantitative estimate of drug-likeness (QED) is 0.219. The molecule has 1 N–H and O–H groups in total. The zero-order valence-electron chi connectivity index (χ0n) is 17.2. The van der Waals surface area contributed by atoms with Crippen molar-refractivity contribution >= 4 is 38.8 Å². The number of fused-ring (bicyclic) bond motifs is 1. The highest BCUT2D eigenvalue weighted by Gasteiger charge is 2.14. The first-order valence-corrected chi connectivity index (χ1v) is 10.6. The first-order valence-electron chi connectivity index (χ1n) is 9.83. The third-order valence-electron chi connectivity index (χ3n) is 4.49. The van der Waals surface area contributed by atoms with Crippen LogP contribution in [0.1, 0.15) is 35.7 Å². The summed E-state index contributed by atoms with van der Waals surface area (Å²) in [7, 11) is 0. The van der Waals surface area contributed by atoms with Crippen molar-refractivity contribution in [2.45, 2.75) is 26.7 Å². The molecule has 3 rings (SSSR count). The molecule has 0 fully saturated rings. The molecule has 31 heavy (non-hydrogen) atoms. The van der Waals surface area contributed by atoms with Crippen LogP contribution < -0.4 is 20.4 Å². The molecule has 1 heterocycles. The lowest BCUT2D eigenvalue weighted by Gasteiger charge is -2.09. The Morgan fingerprint density at radius 2 is 1.87 bits per heavy atom. The third kappa shape index (κ3) is 5.95. The molecule has 0 unspecified atom stereocenters. The van der Waals surface area contributed by atoms with E-state index in [-0.39, 0.29) is 23.5 Å². The topological polar surface area (TPSA) is 94.8 Å². The molecule has 8 heteroatoms. The Labute approximate surface area is 187 Å². The molecular formula is C23H22BrNO6. The van der Waals surface area contributed by atoms with E-state index in [1.807, 2.05) is 19.9 Å². The number of amides is 1. The maximum absolute atomic E-state index is 12.2. The van der Waals surface area contributed by atoms with Crippen molar-refractivity contribution in [1.29, 1.82) is 0 Å². The summed E-state index contributed by atoms with van der Waals surface area (Å²) >= 11 is 3.40. The van der Waals surface area contributed by atoms with E-state index in [4.69, 9.17) is 13.9 Å². The summed E-state index contributed by atoms with van der Waals surface area (Å²) in [5, 5.41) is 3.24. The van der Waals surface area contributed by atoms with Gasteiger partial charge < -0.3 is 19.2 Å². The molecule has 0 aliphatic carbocycles. The molecule has 0 aliphatic rings. The fourth-order valence-electron chi connectivity index (χ4n) is 2.80. The highest BCUT2D eigenvalue weighted by molar-refractivity contribution is 9.10. The van der Waals surface area contributed by atoms with E-state index >= 15 is 0 Å². The molecule has 0 radical (unpaired) electrons. The number of carbonyl (C=O) groups is 2. The van der Waals surface area contributed by atoms with Gasteiger partial charge in [-0.15, -0.1) is 0 Å². The molecule has 1 amide bonds. The molecule has 162 valence electrons. The standard InChI is InChI=1S/C23H22BrNO6/c1-3-4-9-25-22(27)18-11-15-5-6-17(12-20(15)31-23(18)28)30-21(26)13-29-16-7-8-19(24)14(2)10-16/h5-8,10-12H,3-4,9,13H2,1-2H3,(H,25,27). The van der Waals surface area contributed by atoms with E-state index in [0.717, 1.165) is 22.9 Å². The molecular weight excluding hydrogens is 466 g/mol. The van der Waals surface area contributed by atoms with Crippen molar-refractivity contribution in [3.05, 3.63) is 68.5 Å². The van der Waals surface area contributed by atoms with E-state index in [2.05, 4.69) is 21.2 Å². The molecule has 2 aromatic carbocycles. The van der Waals surface area contributed by atoms with Crippen LogP contribution in [0, 0.1) is 6.92 Å². The van der Waals surface area contributed by atoms with Crippen molar-refractivity contribution in [3.63, 3.8) is 0 Å². The average molecular weight is 488 g/mol. The lowest BCUT2D eigenvalue weighted by atomic mass is 10.1. The molecule has 0 saturated carbocycles. The van der Waals surface area contributed by atoms with Crippen LogP contribution in [0.25, 0.3) is 11.0 Å². The number of esters is 1. The normalized spacial score (nSPS) is 10.7. The van der Waals surface area contributed by atoms with Crippen LogP contribution in [0.15, 0.2) is 56.1 Å². The Kier molecular flexibility index (Phi) is 7.46. The number of ether oxygens (including phenoxy) is 2. The Hall–Kier alpha value is -3.13. The molecule has 0 atom stereocenters. The zero-order valence-corrected chi connectivity index (χ0v) is 18.8. The smallest absolute Gasteiger partial charge is 0.349 e. The van der Waals surface area contributed by atoms with Gasteiger partial charge in [0.2, 0.25) is 0 Å². The summed E-state index contributed by atoms with van der Waals surface area (Å²) < 4.78 is 16.9. The molecule has 0 bridgehead atoms. The number of hydrogen-bond acceptors (Lipinski definition) is 6. The van der Waals surface area contributed by atoms with Crippen molar-refractivity contribution < 1.29 is 23.5 Å². The van der Waals surface area contributed by atoms with Gasteiger partial charge >= 0.3 is 11.6 Å². The highest BCUT2D eigenvalue weighted by Crippen LogP contribution is 2.23. The fraction of sp³-hybridized carbons (Fsp3) is 0.261. The summed E-state index contributed by atoms with van der Waals surface area (Å²) in [6.45, 7) is 4.14. The van der Waals surface area contributed by atoms with Gasteiger partial charge in [-0.25, -0.2) is 9.59 Å². The summed E-state index contributed by atoms with van der Waals surface area (Å²) in [5.74, 6) is -0.322. The van der Waals surface area contributed by atoms with Crippen molar-refractivity contribution in [1.82, 2.24) is 5.32 Å². The highest BCUT2D eigenvalue weighted by atomic mass is 79.9. The third-order valence-corrected chi connectivity index (χ3v) is 5.38. The van der Waals surface area contributed by atoms with E-state index in [0.29, 0.717) is 17.7 Å². The van der Waals surface area contributed by atoms with Gasteiger partial charge in [-0.05, 0) is 55.3 Å². The molecule has 7 nitrogen and oxygen atoms in total. The summed E-state index contributed by atoms with van der Waals surface area (Å²) in [5.41, 5.74) is 0.379. The number of carbonyl (C=O) groups excluding carboxylic acids is 2. The van der Waals surface area contributed by atoms with Gasteiger partial charge in [-0.1, -0.05) is 29.3 Å². The van der Waals surface area contributed by atoms with Crippen LogP contribution in [0.5, 0.6) is 11.5 Å². The van der Waals surface area contributed by atoms with Crippen molar-refractivity contribution in [2.75, 3.05) is 13.2 Å². The van der Waals surface area contributed by atoms with Crippen LogP contribution in [0.3, 0.4) is 0 Å². The average Bonchev–Trinajstić information content (AvgIpc) is 2.74. The van der Waals surface area contributed by atoms with E-state index in [1.165, 1.54) is 12.1 Å². The molecule has 0 spiro atoms. The minimum atomic E-state index is -0.751. The van der Waals surface area contributed by atoms with Gasteiger partial charge in [-0.3, -0.25) is 4.79 Å². The minimum absolute atomic E-state index is 0.0634. The van der Waals surface area contributed by atoms with Crippen LogP contribution in [0.4, 0.5) is 0 Å². The number of hydrogen-bond donors (Lipinski definition) is 1. The Morgan fingerprint density at radius 1 is 1.10 bits per heavy atom. The van der Waals surface area contributed by atoms with Crippen LogP contribution in [-0.2, 0) is 4.79 Å². The van der Waals surface area contributed by atoms with Gasteiger partial charge in [0.05, 0.1) is 0 Å². The Balaban J connectivity index is 1.67.